The average Bonchev–Trinajstić information content (AvgIpc) is 3.47. The van der Waals surface area contributed by atoms with E-state index in [1.165, 1.54) is 0 Å². The van der Waals surface area contributed by atoms with Gasteiger partial charge in [-0.2, -0.15) is 0 Å². The van der Waals surface area contributed by atoms with Crippen LogP contribution in [0.4, 0.5) is 0 Å². The minimum absolute atomic E-state index is 0.163. The molecule has 2 heterocycles. The molecule has 0 amide bonds. The summed E-state index contributed by atoms with van der Waals surface area (Å²) in [5.74, 6) is 3.28. The molecule has 4 rings (SSSR count). The normalized spacial score (nSPS) is 15.0. The Morgan fingerprint density at radius 3 is 1.52 bits per heavy atom. The fourth-order valence-corrected chi connectivity index (χ4v) is 2.98. The minimum Gasteiger partial charge on any atom is -0.458 e. The van der Waals surface area contributed by atoms with Crippen LogP contribution < -0.4 is 30.7 Å². The molecule has 8 heteroatoms. The van der Waals surface area contributed by atoms with Crippen molar-refractivity contribution in [2.24, 2.45) is 9.98 Å². The van der Waals surface area contributed by atoms with Crippen molar-refractivity contribution in [1.29, 1.82) is 0 Å². The Bertz CT molecular complexity index is 777. The van der Waals surface area contributed by atoms with E-state index in [1.54, 1.807) is 0 Å². The number of nitrogens with one attached hydrogen (secondary N) is 4. The second kappa shape index (κ2) is 9.68. The molecule has 29 heavy (non-hydrogen) atoms. The lowest BCUT2D eigenvalue weighted by Crippen LogP contribution is -2.33. The predicted octanol–water partition coefficient (Wildman–Crippen LogP) is 1.20. The van der Waals surface area contributed by atoms with Crippen LogP contribution in [-0.4, -0.2) is 44.9 Å². The number of rotatable bonds is 8. The largest absolute Gasteiger partial charge is 0.458 e. The van der Waals surface area contributed by atoms with Crippen molar-refractivity contribution >= 4 is 11.9 Å². The van der Waals surface area contributed by atoms with Crippen LogP contribution in [0.5, 0.6) is 11.5 Å². The molecule has 0 radical (unpaired) electrons. The van der Waals surface area contributed by atoms with Crippen molar-refractivity contribution in [2.75, 3.05) is 33.0 Å². The molecule has 0 atom stereocenters. The van der Waals surface area contributed by atoms with Crippen molar-refractivity contribution in [2.45, 2.75) is 13.1 Å². The van der Waals surface area contributed by atoms with Crippen LogP contribution in [0, 0.1) is 0 Å². The van der Waals surface area contributed by atoms with Crippen LogP contribution in [-0.2, 0) is 13.1 Å². The molecule has 2 aliphatic rings. The van der Waals surface area contributed by atoms with Crippen LogP contribution in [0.1, 0.15) is 11.1 Å². The summed E-state index contributed by atoms with van der Waals surface area (Å²) in [6, 6.07) is 15.9. The van der Waals surface area contributed by atoms with E-state index < -0.39 is 0 Å². The van der Waals surface area contributed by atoms with Crippen LogP contribution >= 0.6 is 0 Å². The summed E-state index contributed by atoms with van der Waals surface area (Å²) in [7, 11) is 0. The summed E-state index contributed by atoms with van der Waals surface area (Å²) >= 11 is 0. The van der Waals surface area contributed by atoms with Crippen molar-refractivity contribution in [1.82, 2.24) is 21.3 Å². The average molecular weight is 394 g/mol. The Morgan fingerprint density at radius 1 is 0.690 bits per heavy atom. The SMILES string of the molecule is c1cc(OCOc2ccc(CNC3=NCCN3)cc2)ccc1CNC1=NCCN1. The van der Waals surface area contributed by atoms with Crippen LogP contribution in [0.2, 0.25) is 0 Å². The Balaban J connectivity index is 1.16. The molecule has 0 aliphatic carbocycles. The number of hydrogen-bond acceptors (Lipinski definition) is 8. The molecule has 0 aromatic heterocycles. The number of ether oxygens (including phenoxy) is 2. The number of nitrogens with zero attached hydrogens (tertiary/aromatic N) is 2. The lowest BCUT2D eigenvalue weighted by Gasteiger charge is -2.11. The molecule has 0 unspecified atom stereocenters. The number of benzene rings is 2. The van der Waals surface area contributed by atoms with Gasteiger partial charge in [-0.1, -0.05) is 24.3 Å². The molecule has 2 aromatic carbocycles. The molecule has 2 aromatic rings. The summed E-state index contributed by atoms with van der Waals surface area (Å²) in [5, 5.41) is 12.9. The van der Waals surface area contributed by atoms with E-state index in [2.05, 4.69) is 31.3 Å². The molecule has 2 aliphatic heterocycles. The third-order valence-electron chi connectivity index (χ3n) is 4.57. The van der Waals surface area contributed by atoms with Gasteiger partial charge in [0.2, 0.25) is 6.79 Å². The van der Waals surface area contributed by atoms with Gasteiger partial charge in [0, 0.05) is 26.2 Å². The van der Waals surface area contributed by atoms with Crippen LogP contribution in [0.3, 0.4) is 0 Å². The van der Waals surface area contributed by atoms with E-state index in [0.717, 1.165) is 73.8 Å². The minimum atomic E-state index is 0.163. The molecule has 8 nitrogen and oxygen atoms in total. The third kappa shape index (κ3) is 5.78. The first-order valence-corrected chi connectivity index (χ1v) is 9.83. The van der Waals surface area contributed by atoms with Gasteiger partial charge in [0.1, 0.15) is 11.5 Å². The zero-order chi connectivity index (χ0) is 19.7. The van der Waals surface area contributed by atoms with E-state index in [0.29, 0.717) is 0 Å². The Hall–Kier alpha value is -3.42. The van der Waals surface area contributed by atoms with Gasteiger partial charge in [-0.05, 0) is 35.4 Å². The lowest BCUT2D eigenvalue weighted by molar-refractivity contribution is 0.120. The highest BCUT2D eigenvalue weighted by Gasteiger charge is 2.05. The van der Waals surface area contributed by atoms with Crippen LogP contribution in [0.15, 0.2) is 58.5 Å². The highest BCUT2D eigenvalue weighted by Crippen LogP contribution is 2.15. The predicted molar refractivity (Wildman–Crippen MR) is 113 cm³/mol. The van der Waals surface area contributed by atoms with E-state index in [4.69, 9.17) is 9.47 Å². The Kier molecular flexibility index (Phi) is 6.31. The monoisotopic (exact) mass is 394 g/mol. The highest BCUT2D eigenvalue weighted by atomic mass is 16.7. The van der Waals surface area contributed by atoms with Gasteiger partial charge in [-0.3, -0.25) is 9.98 Å². The fourth-order valence-electron chi connectivity index (χ4n) is 2.98. The van der Waals surface area contributed by atoms with E-state index >= 15 is 0 Å². The molecular weight excluding hydrogens is 368 g/mol. The number of hydrogen-bond donors (Lipinski definition) is 4. The van der Waals surface area contributed by atoms with Crippen molar-refractivity contribution in [3.63, 3.8) is 0 Å². The van der Waals surface area contributed by atoms with Gasteiger partial charge in [0.05, 0.1) is 13.1 Å². The Morgan fingerprint density at radius 2 is 1.14 bits per heavy atom. The molecule has 0 saturated heterocycles. The van der Waals surface area contributed by atoms with E-state index in [1.807, 2.05) is 48.5 Å². The highest BCUT2D eigenvalue weighted by molar-refractivity contribution is 5.81. The van der Waals surface area contributed by atoms with Gasteiger partial charge >= 0.3 is 0 Å². The maximum absolute atomic E-state index is 5.67. The first kappa shape index (κ1) is 18.9. The van der Waals surface area contributed by atoms with Gasteiger partial charge in [0.25, 0.3) is 0 Å². The molecule has 0 saturated carbocycles. The maximum atomic E-state index is 5.67. The molecule has 152 valence electrons. The van der Waals surface area contributed by atoms with Crippen molar-refractivity contribution < 1.29 is 9.47 Å². The van der Waals surface area contributed by atoms with Crippen molar-refractivity contribution in [3.05, 3.63) is 59.7 Å². The first-order chi connectivity index (χ1) is 14.3. The van der Waals surface area contributed by atoms with Gasteiger partial charge in [0.15, 0.2) is 11.9 Å². The fraction of sp³-hybridized carbons (Fsp3) is 0.333. The summed E-state index contributed by atoms with van der Waals surface area (Å²) in [6.45, 7) is 5.10. The van der Waals surface area contributed by atoms with Crippen LogP contribution in [0.25, 0.3) is 0 Å². The quantitative estimate of drug-likeness (QED) is 0.503. The van der Waals surface area contributed by atoms with Gasteiger partial charge in [-0.15, -0.1) is 0 Å². The summed E-state index contributed by atoms with van der Waals surface area (Å²) in [5.41, 5.74) is 2.33. The summed E-state index contributed by atoms with van der Waals surface area (Å²) in [6.07, 6.45) is 0. The topological polar surface area (TPSA) is 91.3 Å². The molecule has 4 N–H and O–H groups in total. The summed E-state index contributed by atoms with van der Waals surface area (Å²) in [4.78, 5) is 8.63. The van der Waals surface area contributed by atoms with E-state index in [9.17, 15) is 0 Å². The molecule has 0 bridgehead atoms. The third-order valence-corrected chi connectivity index (χ3v) is 4.57. The maximum Gasteiger partial charge on any atom is 0.230 e. The standard InChI is InChI=1S/C21H26N6O2/c1-5-18(6-2-16(1)13-26-20-22-9-10-23-20)28-15-29-19-7-3-17(4-8-19)14-27-21-24-11-12-25-21/h1-8H,9-15H2,(H2,22,23,26)(H2,24,25,27). The zero-order valence-electron chi connectivity index (χ0n) is 16.3. The molecular formula is C21H26N6O2. The van der Waals surface area contributed by atoms with Crippen molar-refractivity contribution in [3.8, 4) is 11.5 Å². The molecule has 0 spiro atoms. The smallest absolute Gasteiger partial charge is 0.230 e. The molecule has 0 fully saturated rings. The second-order valence-corrected chi connectivity index (χ2v) is 6.72. The lowest BCUT2D eigenvalue weighted by atomic mass is 10.2. The second-order valence-electron chi connectivity index (χ2n) is 6.72. The number of guanidine groups is 2. The number of aliphatic imine (C=N–C) groups is 2. The van der Waals surface area contributed by atoms with Gasteiger partial charge in [-0.25, -0.2) is 0 Å². The first-order valence-electron chi connectivity index (χ1n) is 9.83. The van der Waals surface area contributed by atoms with Gasteiger partial charge < -0.3 is 30.7 Å². The zero-order valence-corrected chi connectivity index (χ0v) is 16.3. The summed E-state index contributed by atoms with van der Waals surface area (Å²) < 4.78 is 11.3. The van der Waals surface area contributed by atoms with E-state index in [-0.39, 0.29) is 6.79 Å². The Labute approximate surface area is 170 Å².